The van der Waals surface area contributed by atoms with Gasteiger partial charge in [0, 0.05) is 33.7 Å². The summed E-state index contributed by atoms with van der Waals surface area (Å²) >= 11 is 25.3. The van der Waals surface area contributed by atoms with Gasteiger partial charge < -0.3 is 0 Å². The number of hydrogen-bond acceptors (Lipinski definition) is 6. The Balaban J connectivity index is 0.000000231. The van der Waals surface area contributed by atoms with Gasteiger partial charge in [0.05, 0.1) is 0 Å². The van der Waals surface area contributed by atoms with Crippen LogP contribution in [-0.2, 0) is 28.8 Å². The van der Waals surface area contributed by atoms with Crippen LogP contribution in [0.25, 0.3) is 0 Å². The third kappa shape index (κ3) is 7.97. The predicted molar refractivity (Wildman–Crippen MR) is 124 cm³/mol. The maximum atomic E-state index is 4.26. The number of benzene rings is 2. The molecule has 0 bridgehead atoms. The molecule has 126 valence electrons. The van der Waals surface area contributed by atoms with E-state index >= 15 is 0 Å². The van der Waals surface area contributed by atoms with Crippen LogP contribution in [0.4, 0.5) is 0 Å². The summed E-state index contributed by atoms with van der Waals surface area (Å²) in [4.78, 5) is 0.987. The zero-order valence-corrected chi connectivity index (χ0v) is 18.0. The maximum absolute atomic E-state index is 4.26. The second kappa shape index (κ2) is 12.0. The first-order valence-corrected chi connectivity index (χ1v) is 10.6. The van der Waals surface area contributed by atoms with Crippen molar-refractivity contribution in [2.24, 2.45) is 0 Å². The van der Waals surface area contributed by atoms with Gasteiger partial charge in [-0.2, -0.15) is 63.1 Å². The predicted octanol–water partition coefficient (Wildman–Crippen LogP) is 5.81. The summed E-state index contributed by atoms with van der Waals surface area (Å²) in [5.41, 5.74) is 6.13. The van der Waals surface area contributed by atoms with E-state index in [-0.39, 0.29) is 0 Å². The van der Waals surface area contributed by atoms with E-state index in [2.05, 4.69) is 100 Å². The first kappa shape index (κ1) is 21.6. The van der Waals surface area contributed by atoms with Crippen LogP contribution < -0.4 is 0 Å². The molecular formula is C17H22S6. The fraction of sp³-hybridized carbons (Fsp3) is 0.294. The molecular weight excluding hydrogens is 397 g/mol. The van der Waals surface area contributed by atoms with Gasteiger partial charge >= 0.3 is 0 Å². The summed E-state index contributed by atoms with van der Waals surface area (Å²) in [6, 6.07) is 12.5. The lowest BCUT2D eigenvalue weighted by Gasteiger charge is -2.04. The highest BCUT2D eigenvalue weighted by Crippen LogP contribution is 2.16. The zero-order chi connectivity index (χ0) is 17.2. The molecule has 6 heteroatoms. The molecule has 0 atom stereocenters. The summed E-state index contributed by atoms with van der Waals surface area (Å²) < 4.78 is 0. The molecule has 0 aliphatic carbocycles. The van der Waals surface area contributed by atoms with Gasteiger partial charge in [-0.3, -0.25) is 0 Å². The molecule has 0 aliphatic rings. The molecule has 0 spiro atoms. The second-order valence-electron chi connectivity index (χ2n) is 4.96. The van der Waals surface area contributed by atoms with Crippen LogP contribution in [0.2, 0.25) is 0 Å². The third-order valence-corrected chi connectivity index (χ3v) is 5.15. The first-order valence-electron chi connectivity index (χ1n) is 7.04. The number of thiol groups is 6. The lowest BCUT2D eigenvalue weighted by Crippen LogP contribution is -1.87. The molecule has 0 fully saturated rings. The molecule has 0 N–H and O–H groups in total. The summed E-state index contributed by atoms with van der Waals surface area (Å²) in [6.45, 7) is 0. The summed E-state index contributed by atoms with van der Waals surface area (Å²) in [6.07, 6.45) is 0. The Bertz CT molecular complexity index is 535. The second-order valence-corrected chi connectivity index (χ2v) is 7.05. The summed E-state index contributed by atoms with van der Waals surface area (Å²) in [7, 11) is 0. The van der Waals surface area contributed by atoms with Gasteiger partial charge in [0.1, 0.15) is 0 Å². The lowest BCUT2D eigenvalue weighted by molar-refractivity contribution is 1.27. The van der Waals surface area contributed by atoms with Crippen LogP contribution in [-0.4, -0.2) is 0 Å². The minimum Gasteiger partial charge on any atom is -0.175 e. The largest absolute Gasteiger partial charge is 0.175 e. The number of rotatable bonds is 5. The van der Waals surface area contributed by atoms with Gasteiger partial charge in [-0.25, -0.2) is 0 Å². The summed E-state index contributed by atoms with van der Waals surface area (Å²) in [5, 5.41) is 0. The molecule has 0 aromatic heterocycles. The van der Waals surface area contributed by atoms with E-state index in [0.29, 0.717) is 0 Å². The quantitative estimate of drug-likeness (QED) is 0.324. The molecule has 0 nitrogen and oxygen atoms in total. The highest BCUT2D eigenvalue weighted by Gasteiger charge is 1.97. The Hall–Kier alpha value is 0.540. The Kier molecular flexibility index (Phi) is 11.2. The minimum absolute atomic E-state index is 0.759. The molecule has 0 saturated carbocycles. The van der Waals surface area contributed by atoms with Gasteiger partial charge in [-0.05, 0) is 39.9 Å². The highest BCUT2D eigenvalue weighted by molar-refractivity contribution is 7.80. The minimum atomic E-state index is 0.759. The van der Waals surface area contributed by atoms with Crippen LogP contribution in [0.15, 0.2) is 41.3 Å². The zero-order valence-electron chi connectivity index (χ0n) is 12.7. The van der Waals surface area contributed by atoms with E-state index in [1.165, 1.54) is 27.8 Å². The maximum Gasteiger partial charge on any atom is 0.0154 e. The van der Waals surface area contributed by atoms with Gasteiger partial charge in [0.2, 0.25) is 0 Å². The molecule has 0 aliphatic heterocycles. The molecule has 2 aromatic carbocycles. The van der Waals surface area contributed by atoms with Gasteiger partial charge in [-0.1, -0.05) is 24.3 Å². The van der Waals surface area contributed by atoms with E-state index in [9.17, 15) is 0 Å². The fourth-order valence-corrected chi connectivity index (χ4v) is 3.28. The van der Waals surface area contributed by atoms with E-state index < -0.39 is 0 Å². The summed E-state index contributed by atoms with van der Waals surface area (Å²) in [5.74, 6) is 3.86. The van der Waals surface area contributed by atoms with Crippen LogP contribution in [0.3, 0.4) is 0 Å². The molecule has 2 aromatic rings. The van der Waals surface area contributed by atoms with E-state index in [1.54, 1.807) is 0 Å². The highest BCUT2D eigenvalue weighted by atomic mass is 32.1. The van der Waals surface area contributed by atoms with Crippen molar-refractivity contribution < 1.29 is 0 Å². The van der Waals surface area contributed by atoms with Crippen molar-refractivity contribution in [3.8, 4) is 0 Å². The molecule has 0 unspecified atom stereocenters. The average molecular weight is 419 g/mol. The Morgan fingerprint density at radius 1 is 0.435 bits per heavy atom. The molecule has 23 heavy (non-hydrogen) atoms. The molecule has 0 radical (unpaired) electrons. The molecule has 0 saturated heterocycles. The van der Waals surface area contributed by atoms with Gasteiger partial charge in [-0.15, -0.1) is 12.6 Å². The van der Waals surface area contributed by atoms with E-state index in [4.69, 9.17) is 0 Å². The fourth-order valence-electron chi connectivity index (χ4n) is 2.04. The molecule has 0 heterocycles. The third-order valence-electron chi connectivity index (χ3n) is 3.06. The lowest BCUT2D eigenvalue weighted by atomic mass is 10.1. The SMILES string of the molecule is SCc1cc(CS)cc(CS)c1.SCc1cc(S)cc(CS)c1. The number of hydrogen-bond donors (Lipinski definition) is 6. The normalized spacial score (nSPS) is 10.2. The van der Waals surface area contributed by atoms with E-state index in [1.807, 2.05) is 12.1 Å². The standard InChI is InChI=1S/C9H12S3.C8H10S3/c10-4-7-1-8(5-11)3-9(2-7)6-12;9-4-6-1-7(5-10)3-8(11)2-6/h1-3,10-12H,4-6H2;1-3,9-11H,4-5H2. The van der Waals surface area contributed by atoms with Crippen molar-refractivity contribution in [3.63, 3.8) is 0 Å². The van der Waals surface area contributed by atoms with Crippen LogP contribution >= 0.6 is 75.8 Å². The van der Waals surface area contributed by atoms with Crippen LogP contribution in [0, 0.1) is 0 Å². The van der Waals surface area contributed by atoms with Crippen LogP contribution in [0.1, 0.15) is 27.8 Å². The van der Waals surface area contributed by atoms with Crippen molar-refractivity contribution in [2.45, 2.75) is 33.7 Å². The first-order chi connectivity index (χ1) is 11.1. The Labute approximate surface area is 172 Å². The monoisotopic (exact) mass is 418 g/mol. The van der Waals surface area contributed by atoms with Crippen LogP contribution in [0.5, 0.6) is 0 Å². The van der Waals surface area contributed by atoms with Crippen molar-refractivity contribution >= 4 is 75.8 Å². The smallest absolute Gasteiger partial charge is 0.0154 e. The van der Waals surface area contributed by atoms with Crippen molar-refractivity contribution in [1.82, 2.24) is 0 Å². The topological polar surface area (TPSA) is 0 Å². The van der Waals surface area contributed by atoms with Crippen molar-refractivity contribution in [2.75, 3.05) is 0 Å². The van der Waals surface area contributed by atoms with Gasteiger partial charge in [0.15, 0.2) is 0 Å². The molecule has 2 rings (SSSR count). The molecule has 0 amide bonds. The van der Waals surface area contributed by atoms with Crippen molar-refractivity contribution in [3.05, 3.63) is 64.2 Å². The average Bonchev–Trinajstić information content (AvgIpc) is 2.60. The Morgan fingerprint density at radius 3 is 0.870 bits per heavy atom. The van der Waals surface area contributed by atoms with Crippen molar-refractivity contribution in [1.29, 1.82) is 0 Å². The Morgan fingerprint density at radius 2 is 0.652 bits per heavy atom. The van der Waals surface area contributed by atoms with E-state index in [0.717, 1.165) is 33.7 Å². The van der Waals surface area contributed by atoms with Gasteiger partial charge in [0.25, 0.3) is 0 Å².